The zero-order valence-corrected chi connectivity index (χ0v) is 14.6. The highest BCUT2D eigenvalue weighted by Gasteiger charge is 2.15. The smallest absolute Gasteiger partial charge is 0.257 e. The maximum atomic E-state index is 12.4. The topological polar surface area (TPSA) is 58.4 Å². The number of nitrogen functional groups attached to an aromatic ring is 1. The summed E-state index contributed by atoms with van der Waals surface area (Å²) in [6.07, 6.45) is 0. The third kappa shape index (κ3) is 3.89. The maximum absolute atomic E-state index is 12.4. The van der Waals surface area contributed by atoms with Crippen LogP contribution in [0.3, 0.4) is 0 Å². The fourth-order valence-corrected chi connectivity index (χ4v) is 2.79. The molecule has 2 aromatic carbocycles. The lowest BCUT2D eigenvalue weighted by Crippen LogP contribution is -2.23. The molecule has 2 rings (SSSR count). The number of rotatable bonds is 5. The van der Waals surface area contributed by atoms with Gasteiger partial charge in [0, 0.05) is 13.1 Å². The van der Waals surface area contributed by atoms with Gasteiger partial charge in [0.1, 0.15) is 0 Å². The number of nitrogens with two attached hydrogens (primary N) is 1. The first kappa shape index (κ1) is 17.4. The Labute approximate surface area is 146 Å². The zero-order chi connectivity index (χ0) is 17.0. The molecule has 4 nitrogen and oxygen atoms in total. The molecule has 0 atom stereocenters. The van der Waals surface area contributed by atoms with Gasteiger partial charge in [-0.25, -0.2) is 0 Å². The van der Waals surface area contributed by atoms with Crippen LogP contribution in [0.25, 0.3) is 0 Å². The molecule has 2 aromatic rings. The predicted molar refractivity (Wildman–Crippen MR) is 98.8 cm³/mol. The Balaban J connectivity index is 2.34. The highest BCUT2D eigenvalue weighted by Crippen LogP contribution is 2.34. The number of hydrogen-bond acceptors (Lipinski definition) is 3. The van der Waals surface area contributed by atoms with Crippen LogP contribution in [0.4, 0.5) is 17.1 Å². The molecule has 6 heteroatoms. The molecule has 0 saturated carbocycles. The van der Waals surface area contributed by atoms with Crippen molar-refractivity contribution in [3.05, 3.63) is 52.0 Å². The van der Waals surface area contributed by atoms with Crippen molar-refractivity contribution < 1.29 is 4.79 Å². The van der Waals surface area contributed by atoms with Crippen molar-refractivity contribution in [1.29, 1.82) is 0 Å². The second-order valence-corrected chi connectivity index (χ2v) is 5.81. The van der Waals surface area contributed by atoms with Crippen molar-refractivity contribution >= 4 is 46.2 Å². The summed E-state index contributed by atoms with van der Waals surface area (Å²) < 4.78 is 0. The molecular weight excluding hydrogens is 333 g/mol. The minimum absolute atomic E-state index is 0.312. The third-order valence-electron chi connectivity index (χ3n) is 3.59. The summed E-state index contributed by atoms with van der Waals surface area (Å²) in [5.74, 6) is -0.312. The van der Waals surface area contributed by atoms with Gasteiger partial charge in [-0.1, -0.05) is 35.3 Å². The van der Waals surface area contributed by atoms with Crippen LogP contribution in [-0.4, -0.2) is 19.0 Å². The van der Waals surface area contributed by atoms with Crippen LogP contribution in [-0.2, 0) is 0 Å². The third-order valence-corrected chi connectivity index (χ3v) is 4.23. The predicted octanol–water partition coefficient (Wildman–Crippen LogP) is 4.67. The van der Waals surface area contributed by atoms with Crippen molar-refractivity contribution in [3.8, 4) is 0 Å². The minimum atomic E-state index is -0.312. The molecule has 0 unspecified atom stereocenters. The summed E-state index contributed by atoms with van der Waals surface area (Å²) in [5, 5.41) is 3.58. The molecule has 0 fully saturated rings. The number of halogens is 2. The summed E-state index contributed by atoms with van der Waals surface area (Å²) >= 11 is 12.3. The number of carbonyl (C=O) groups is 1. The lowest BCUT2D eigenvalue weighted by Gasteiger charge is -2.24. The van der Waals surface area contributed by atoms with Crippen LogP contribution < -0.4 is 16.0 Å². The first-order valence-corrected chi connectivity index (χ1v) is 8.13. The van der Waals surface area contributed by atoms with Gasteiger partial charge >= 0.3 is 0 Å². The SMILES string of the molecule is CCN(CC)c1cc(NC(=O)c2ccccc2Cl)c(Cl)cc1N. The quantitative estimate of drug-likeness (QED) is 0.769. The second-order valence-electron chi connectivity index (χ2n) is 5.00. The molecule has 0 heterocycles. The molecule has 1 amide bonds. The standard InChI is InChI=1S/C17H19Cl2N3O/c1-3-22(4-2)16-10-15(13(19)9-14(16)20)21-17(23)11-7-5-6-8-12(11)18/h5-10H,3-4,20H2,1-2H3,(H,21,23). The van der Waals surface area contributed by atoms with E-state index in [9.17, 15) is 4.79 Å². The van der Waals surface area contributed by atoms with Crippen molar-refractivity contribution in [2.75, 3.05) is 29.0 Å². The zero-order valence-electron chi connectivity index (χ0n) is 13.1. The van der Waals surface area contributed by atoms with Crippen molar-refractivity contribution in [1.82, 2.24) is 0 Å². The van der Waals surface area contributed by atoms with Crippen LogP contribution in [0.15, 0.2) is 36.4 Å². The monoisotopic (exact) mass is 351 g/mol. The Kier molecular flexibility index (Phi) is 5.74. The molecule has 122 valence electrons. The van der Waals surface area contributed by atoms with E-state index in [-0.39, 0.29) is 5.91 Å². The molecule has 0 aliphatic heterocycles. The van der Waals surface area contributed by atoms with Gasteiger partial charge in [0.2, 0.25) is 0 Å². The van der Waals surface area contributed by atoms with E-state index in [0.29, 0.717) is 27.0 Å². The average molecular weight is 352 g/mol. The Morgan fingerprint density at radius 1 is 1.13 bits per heavy atom. The largest absolute Gasteiger partial charge is 0.397 e. The Morgan fingerprint density at radius 3 is 2.39 bits per heavy atom. The molecule has 0 saturated heterocycles. The maximum Gasteiger partial charge on any atom is 0.257 e. The highest BCUT2D eigenvalue weighted by molar-refractivity contribution is 6.36. The number of anilines is 3. The van der Waals surface area contributed by atoms with E-state index in [4.69, 9.17) is 28.9 Å². The van der Waals surface area contributed by atoms with Crippen LogP contribution in [0.2, 0.25) is 10.0 Å². The first-order chi connectivity index (χ1) is 11.0. The first-order valence-electron chi connectivity index (χ1n) is 7.37. The van der Waals surface area contributed by atoms with Gasteiger partial charge in [0.05, 0.1) is 32.7 Å². The lowest BCUT2D eigenvalue weighted by molar-refractivity contribution is 0.102. The van der Waals surface area contributed by atoms with E-state index >= 15 is 0 Å². The molecular formula is C17H19Cl2N3O. The van der Waals surface area contributed by atoms with Crippen LogP contribution >= 0.6 is 23.2 Å². The number of hydrogen-bond donors (Lipinski definition) is 2. The summed E-state index contributed by atoms with van der Waals surface area (Å²) in [5.41, 5.74) is 8.37. The number of nitrogens with zero attached hydrogens (tertiary/aromatic N) is 1. The Hall–Kier alpha value is -1.91. The average Bonchev–Trinajstić information content (AvgIpc) is 2.53. The summed E-state index contributed by atoms with van der Waals surface area (Å²) in [6, 6.07) is 10.3. The molecule has 23 heavy (non-hydrogen) atoms. The number of nitrogens with one attached hydrogen (secondary N) is 1. The van der Waals surface area contributed by atoms with E-state index in [1.807, 2.05) is 13.8 Å². The van der Waals surface area contributed by atoms with Gasteiger partial charge < -0.3 is 16.0 Å². The Morgan fingerprint density at radius 2 is 1.78 bits per heavy atom. The normalized spacial score (nSPS) is 10.4. The van der Waals surface area contributed by atoms with Crippen molar-refractivity contribution in [3.63, 3.8) is 0 Å². The van der Waals surface area contributed by atoms with Gasteiger partial charge in [0.15, 0.2) is 0 Å². The van der Waals surface area contributed by atoms with Gasteiger partial charge in [0.25, 0.3) is 5.91 Å². The van der Waals surface area contributed by atoms with Gasteiger partial charge in [-0.2, -0.15) is 0 Å². The van der Waals surface area contributed by atoms with Gasteiger partial charge in [-0.05, 0) is 38.1 Å². The molecule has 0 radical (unpaired) electrons. The summed E-state index contributed by atoms with van der Waals surface area (Å²) in [7, 11) is 0. The van der Waals surface area contributed by atoms with E-state index in [1.54, 1.807) is 36.4 Å². The number of amides is 1. The highest BCUT2D eigenvalue weighted by atomic mass is 35.5. The van der Waals surface area contributed by atoms with E-state index in [2.05, 4.69) is 10.2 Å². The van der Waals surface area contributed by atoms with Crippen molar-refractivity contribution in [2.45, 2.75) is 13.8 Å². The van der Waals surface area contributed by atoms with Gasteiger partial charge in [-0.3, -0.25) is 4.79 Å². The molecule has 3 N–H and O–H groups in total. The Bertz CT molecular complexity index is 715. The van der Waals surface area contributed by atoms with Gasteiger partial charge in [-0.15, -0.1) is 0 Å². The number of benzene rings is 2. The minimum Gasteiger partial charge on any atom is -0.397 e. The van der Waals surface area contributed by atoms with E-state index < -0.39 is 0 Å². The fraction of sp³-hybridized carbons (Fsp3) is 0.235. The molecule has 0 aliphatic carbocycles. The lowest BCUT2D eigenvalue weighted by atomic mass is 10.2. The van der Waals surface area contributed by atoms with Crippen LogP contribution in [0.1, 0.15) is 24.2 Å². The second kappa shape index (κ2) is 7.57. The summed E-state index contributed by atoms with van der Waals surface area (Å²) in [4.78, 5) is 14.5. The molecule has 0 aromatic heterocycles. The molecule has 0 aliphatic rings. The fourth-order valence-electron chi connectivity index (χ4n) is 2.35. The van der Waals surface area contributed by atoms with E-state index in [1.165, 1.54) is 0 Å². The molecule has 0 spiro atoms. The van der Waals surface area contributed by atoms with Crippen LogP contribution in [0.5, 0.6) is 0 Å². The van der Waals surface area contributed by atoms with Crippen LogP contribution in [0, 0.1) is 0 Å². The van der Waals surface area contributed by atoms with E-state index in [0.717, 1.165) is 18.8 Å². The number of carbonyl (C=O) groups excluding carboxylic acids is 1. The summed E-state index contributed by atoms with van der Waals surface area (Å²) in [6.45, 7) is 5.69. The van der Waals surface area contributed by atoms with Crippen molar-refractivity contribution in [2.24, 2.45) is 0 Å². The molecule has 0 bridgehead atoms.